The number of aliphatic hydroxyl groups excluding tert-OH is 1. The van der Waals surface area contributed by atoms with Gasteiger partial charge in [0.05, 0.1) is 33.7 Å². The number of rotatable bonds is 5. The number of anilines is 1. The average molecular weight is 429 g/mol. The van der Waals surface area contributed by atoms with E-state index in [0.717, 1.165) is 4.68 Å². The fraction of sp³-hybridized carbons (Fsp3) is 0.111. The lowest BCUT2D eigenvalue weighted by molar-refractivity contribution is 0.186. The Hall–Kier alpha value is -2.12. The van der Waals surface area contributed by atoms with E-state index in [1.807, 2.05) is 0 Å². The first-order valence-electron chi connectivity index (χ1n) is 7.78. The van der Waals surface area contributed by atoms with Gasteiger partial charge in [0.1, 0.15) is 10.8 Å². The molecule has 9 heteroatoms. The highest BCUT2D eigenvalue weighted by Gasteiger charge is 2.14. The second-order valence-corrected chi connectivity index (χ2v) is 6.80. The first-order valence-corrected chi connectivity index (χ1v) is 8.91. The molecule has 140 valence electrons. The molecule has 3 rings (SSSR count). The number of aliphatic hydroxyl groups is 1. The number of nitrogens with zero attached hydrogens (tertiary/aromatic N) is 2. The molecule has 0 spiro atoms. The number of nitrogens with one attached hydrogen (secondary N) is 1. The largest absolute Gasteiger partial charge is 0.386 e. The maximum atomic E-state index is 13.7. The number of benzene rings is 2. The minimum atomic E-state index is -1.05. The van der Waals surface area contributed by atoms with E-state index in [1.165, 1.54) is 24.4 Å². The summed E-state index contributed by atoms with van der Waals surface area (Å²) in [4.78, 5) is 12.1. The molecule has 0 aliphatic carbocycles. The van der Waals surface area contributed by atoms with Crippen LogP contribution in [0.1, 0.15) is 11.7 Å². The Balaban J connectivity index is 1.79. The molecule has 0 bridgehead atoms. The second-order valence-electron chi connectivity index (χ2n) is 5.61. The zero-order valence-corrected chi connectivity index (χ0v) is 15.9. The lowest BCUT2D eigenvalue weighted by Gasteiger charge is -2.15. The highest BCUT2D eigenvalue weighted by atomic mass is 35.5. The smallest absolute Gasteiger partial charge is 0.291 e. The molecule has 1 atom stereocenters. The van der Waals surface area contributed by atoms with Gasteiger partial charge in [0.15, 0.2) is 0 Å². The molecule has 0 fully saturated rings. The summed E-state index contributed by atoms with van der Waals surface area (Å²) in [5.41, 5.74) is 0.507. The Labute approximate surface area is 168 Å². The quantitative estimate of drug-likeness (QED) is 0.629. The first-order chi connectivity index (χ1) is 12.9. The van der Waals surface area contributed by atoms with E-state index in [1.54, 1.807) is 24.3 Å². The average Bonchev–Trinajstić information content (AvgIpc) is 2.65. The third-order valence-corrected chi connectivity index (χ3v) is 4.88. The SMILES string of the molecule is O=c1c(Cl)c(Cl)cnn1-c1ccc(NCC(O)c2ccccc2F)c(Cl)c1. The van der Waals surface area contributed by atoms with Crippen molar-refractivity contribution in [2.24, 2.45) is 0 Å². The van der Waals surface area contributed by atoms with Crippen LogP contribution in [0.4, 0.5) is 10.1 Å². The maximum Gasteiger partial charge on any atom is 0.291 e. The van der Waals surface area contributed by atoms with Crippen molar-refractivity contribution in [1.82, 2.24) is 9.78 Å². The Bertz CT molecular complexity index is 1040. The molecular weight excluding hydrogens is 416 g/mol. The van der Waals surface area contributed by atoms with Crippen LogP contribution in [0, 0.1) is 5.82 Å². The fourth-order valence-electron chi connectivity index (χ4n) is 2.44. The summed E-state index contributed by atoms with van der Waals surface area (Å²) in [7, 11) is 0. The van der Waals surface area contributed by atoms with Crippen LogP contribution < -0.4 is 10.9 Å². The summed E-state index contributed by atoms with van der Waals surface area (Å²) < 4.78 is 14.8. The van der Waals surface area contributed by atoms with Gasteiger partial charge in [0.25, 0.3) is 5.56 Å². The molecule has 0 radical (unpaired) electrons. The van der Waals surface area contributed by atoms with Crippen LogP contribution in [0.5, 0.6) is 0 Å². The van der Waals surface area contributed by atoms with Crippen molar-refractivity contribution in [1.29, 1.82) is 0 Å². The molecule has 0 amide bonds. The van der Waals surface area contributed by atoms with Gasteiger partial charge in [-0.15, -0.1) is 0 Å². The third kappa shape index (κ3) is 4.25. The zero-order valence-electron chi connectivity index (χ0n) is 13.7. The molecule has 27 heavy (non-hydrogen) atoms. The third-order valence-electron chi connectivity index (χ3n) is 3.82. The van der Waals surface area contributed by atoms with Crippen LogP contribution in [0.3, 0.4) is 0 Å². The standard InChI is InChI=1S/C18H13Cl3FN3O2/c19-12-7-10(25-18(27)17(21)13(20)8-24-25)5-6-15(12)23-9-16(26)11-3-1-2-4-14(11)22/h1-8,16,23,26H,9H2. The number of hydrogen-bond acceptors (Lipinski definition) is 4. The maximum absolute atomic E-state index is 13.7. The zero-order chi connectivity index (χ0) is 19.6. The lowest BCUT2D eigenvalue weighted by atomic mass is 10.1. The molecule has 0 aliphatic rings. The van der Waals surface area contributed by atoms with Crippen molar-refractivity contribution < 1.29 is 9.50 Å². The van der Waals surface area contributed by atoms with Crippen LogP contribution in [-0.4, -0.2) is 21.4 Å². The van der Waals surface area contributed by atoms with Gasteiger partial charge in [-0.25, -0.2) is 4.39 Å². The summed E-state index contributed by atoms with van der Waals surface area (Å²) in [6.45, 7) is 0.0466. The van der Waals surface area contributed by atoms with Gasteiger partial charge < -0.3 is 10.4 Å². The number of halogens is 4. The Morgan fingerprint density at radius 1 is 1.15 bits per heavy atom. The van der Waals surface area contributed by atoms with Gasteiger partial charge in [-0.2, -0.15) is 9.78 Å². The molecule has 1 unspecified atom stereocenters. The van der Waals surface area contributed by atoms with Crippen molar-refractivity contribution in [3.05, 3.63) is 85.5 Å². The predicted octanol–water partition coefficient (Wildman–Crippen LogP) is 4.48. The van der Waals surface area contributed by atoms with Gasteiger partial charge in [-0.3, -0.25) is 4.79 Å². The molecule has 0 aliphatic heterocycles. The second kappa shape index (κ2) is 8.27. The van der Waals surface area contributed by atoms with E-state index < -0.39 is 17.5 Å². The Morgan fingerprint density at radius 2 is 1.89 bits per heavy atom. The molecule has 0 saturated heterocycles. The van der Waals surface area contributed by atoms with Gasteiger partial charge >= 0.3 is 0 Å². The van der Waals surface area contributed by atoms with E-state index in [0.29, 0.717) is 11.4 Å². The Morgan fingerprint density at radius 3 is 2.59 bits per heavy atom. The van der Waals surface area contributed by atoms with Gasteiger partial charge in [0.2, 0.25) is 0 Å². The van der Waals surface area contributed by atoms with Crippen molar-refractivity contribution in [3.63, 3.8) is 0 Å². The van der Waals surface area contributed by atoms with E-state index in [2.05, 4.69) is 10.4 Å². The minimum Gasteiger partial charge on any atom is -0.386 e. The molecule has 1 heterocycles. The van der Waals surface area contributed by atoms with Crippen molar-refractivity contribution >= 4 is 40.5 Å². The molecular formula is C18H13Cl3FN3O2. The van der Waals surface area contributed by atoms with E-state index in [9.17, 15) is 14.3 Å². The van der Waals surface area contributed by atoms with E-state index >= 15 is 0 Å². The number of aromatic nitrogens is 2. The van der Waals surface area contributed by atoms with Crippen LogP contribution in [-0.2, 0) is 0 Å². The highest BCUT2D eigenvalue weighted by Crippen LogP contribution is 2.26. The molecule has 2 aromatic carbocycles. The van der Waals surface area contributed by atoms with Gasteiger partial charge in [0, 0.05) is 12.1 Å². The van der Waals surface area contributed by atoms with Gasteiger partial charge in [-0.1, -0.05) is 53.0 Å². The van der Waals surface area contributed by atoms with Crippen molar-refractivity contribution in [2.75, 3.05) is 11.9 Å². The molecule has 1 aromatic heterocycles. The predicted molar refractivity (Wildman–Crippen MR) is 105 cm³/mol. The number of hydrogen-bond donors (Lipinski definition) is 2. The fourth-order valence-corrected chi connectivity index (χ4v) is 2.93. The van der Waals surface area contributed by atoms with Gasteiger partial charge in [-0.05, 0) is 24.3 Å². The monoisotopic (exact) mass is 427 g/mol. The van der Waals surface area contributed by atoms with Crippen LogP contribution in [0.2, 0.25) is 15.1 Å². The molecule has 3 aromatic rings. The first kappa shape index (κ1) is 19.6. The molecule has 0 saturated carbocycles. The molecule has 5 nitrogen and oxygen atoms in total. The normalized spacial score (nSPS) is 12.0. The summed E-state index contributed by atoms with van der Waals surface area (Å²) in [6, 6.07) is 10.7. The van der Waals surface area contributed by atoms with E-state index in [-0.39, 0.29) is 27.2 Å². The van der Waals surface area contributed by atoms with Crippen molar-refractivity contribution in [3.8, 4) is 5.69 Å². The summed E-state index contributed by atoms with van der Waals surface area (Å²) in [5, 5.41) is 17.2. The topological polar surface area (TPSA) is 67.2 Å². The summed E-state index contributed by atoms with van der Waals surface area (Å²) >= 11 is 17.9. The van der Waals surface area contributed by atoms with Crippen LogP contribution >= 0.6 is 34.8 Å². The minimum absolute atomic E-state index is 0.0466. The molecule has 2 N–H and O–H groups in total. The van der Waals surface area contributed by atoms with Crippen LogP contribution in [0.25, 0.3) is 5.69 Å². The van der Waals surface area contributed by atoms with E-state index in [4.69, 9.17) is 34.8 Å². The lowest BCUT2D eigenvalue weighted by Crippen LogP contribution is -2.21. The van der Waals surface area contributed by atoms with Crippen LogP contribution in [0.15, 0.2) is 53.5 Å². The van der Waals surface area contributed by atoms with Crippen molar-refractivity contribution in [2.45, 2.75) is 6.10 Å². The summed E-state index contributed by atoms with van der Waals surface area (Å²) in [6.07, 6.45) is 0.206. The highest BCUT2D eigenvalue weighted by molar-refractivity contribution is 6.41. The summed E-state index contributed by atoms with van der Waals surface area (Å²) in [5.74, 6) is -0.488. The Kier molecular flexibility index (Phi) is 6.01.